The van der Waals surface area contributed by atoms with E-state index in [1.54, 1.807) is 19.9 Å². The number of carboxylic acids is 1. The van der Waals surface area contributed by atoms with Gasteiger partial charge in [-0.05, 0) is 43.7 Å². The molecule has 0 spiro atoms. The Morgan fingerprint density at radius 2 is 1.90 bits per heavy atom. The molecule has 5 nitrogen and oxygen atoms in total. The van der Waals surface area contributed by atoms with Crippen LogP contribution in [0.15, 0.2) is 28.5 Å². The van der Waals surface area contributed by atoms with Gasteiger partial charge in [-0.1, -0.05) is 15.9 Å². The van der Waals surface area contributed by atoms with Gasteiger partial charge in [0.1, 0.15) is 0 Å². The van der Waals surface area contributed by atoms with E-state index in [0.717, 1.165) is 0 Å². The Balaban J connectivity index is 3.04. The minimum Gasteiger partial charge on any atom is -0.478 e. The Morgan fingerprint density at radius 3 is 2.40 bits per heavy atom. The average molecular weight is 363 g/mol. The van der Waals surface area contributed by atoms with Gasteiger partial charge in [-0.25, -0.2) is 4.79 Å². The molecule has 0 aliphatic heterocycles. The normalized spacial score (nSPS) is 11.9. The van der Waals surface area contributed by atoms with E-state index in [4.69, 9.17) is 14.2 Å². The molecule has 7 heteroatoms. The number of aromatic carboxylic acids is 1. The van der Waals surface area contributed by atoms with Crippen LogP contribution in [0.2, 0.25) is 0 Å². The van der Waals surface area contributed by atoms with Gasteiger partial charge in [0.15, 0.2) is 0 Å². The van der Waals surface area contributed by atoms with Crippen LogP contribution in [0.25, 0.3) is 6.08 Å². The third-order valence-electron chi connectivity index (χ3n) is 2.23. The van der Waals surface area contributed by atoms with Crippen LogP contribution in [0, 0.1) is 0 Å². The van der Waals surface area contributed by atoms with Gasteiger partial charge in [-0.2, -0.15) is 0 Å². The smallest absolute Gasteiger partial charge is 0.354 e. The summed E-state index contributed by atoms with van der Waals surface area (Å²) in [6.45, 7) is 3.98. The highest BCUT2D eigenvalue weighted by Crippen LogP contribution is 2.50. The summed E-state index contributed by atoms with van der Waals surface area (Å²) in [4.78, 5) is 11.0. The predicted octanol–water partition coefficient (Wildman–Crippen LogP) is 4.38. The van der Waals surface area contributed by atoms with Crippen molar-refractivity contribution in [3.05, 3.63) is 39.6 Å². The van der Waals surface area contributed by atoms with Crippen molar-refractivity contribution >= 4 is 35.6 Å². The minimum absolute atomic E-state index is 0.140. The number of halogens is 1. The molecule has 0 heterocycles. The highest BCUT2D eigenvalue weighted by molar-refractivity contribution is 9.10. The first-order valence-corrected chi connectivity index (χ1v) is 8.42. The lowest BCUT2D eigenvalue weighted by Gasteiger charge is -2.12. The van der Waals surface area contributed by atoms with E-state index in [9.17, 15) is 9.36 Å². The zero-order chi connectivity index (χ0) is 15.2. The molecule has 1 aromatic carbocycles. The van der Waals surface area contributed by atoms with Crippen molar-refractivity contribution < 1.29 is 23.5 Å². The second kappa shape index (κ2) is 7.74. The fourth-order valence-corrected chi connectivity index (χ4v) is 3.32. The highest BCUT2D eigenvalue weighted by Gasteiger charge is 2.18. The molecule has 1 aromatic rings. The van der Waals surface area contributed by atoms with Crippen LogP contribution < -0.4 is 0 Å². The number of rotatable bonds is 7. The first kappa shape index (κ1) is 17.1. The monoisotopic (exact) mass is 362 g/mol. The van der Waals surface area contributed by atoms with Crippen molar-refractivity contribution in [2.45, 2.75) is 13.8 Å². The molecule has 0 saturated carbocycles. The zero-order valence-corrected chi connectivity index (χ0v) is 13.7. The second-order valence-electron chi connectivity index (χ2n) is 3.77. The first-order chi connectivity index (χ1) is 9.40. The van der Waals surface area contributed by atoms with Gasteiger partial charge in [-0.15, -0.1) is 0 Å². The van der Waals surface area contributed by atoms with Crippen LogP contribution in [-0.4, -0.2) is 24.3 Å². The SMILES string of the molecule is CCOP(=O)(C=Cc1cc(Br)cc(C(=O)O)c1)OCC. The lowest BCUT2D eigenvalue weighted by Crippen LogP contribution is -1.96. The Labute approximate surface area is 126 Å². The van der Waals surface area contributed by atoms with Gasteiger partial charge >= 0.3 is 13.6 Å². The maximum Gasteiger partial charge on any atom is 0.354 e. The highest BCUT2D eigenvalue weighted by atomic mass is 79.9. The number of carbonyl (C=O) groups is 1. The maximum atomic E-state index is 12.2. The van der Waals surface area contributed by atoms with Crippen molar-refractivity contribution in [1.82, 2.24) is 0 Å². The predicted molar refractivity (Wildman–Crippen MR) is 81.0 cm³/mol. The molecule has 1 rings (SSSR count). The van der Waals surface area contributed by atoms with Gasteiger partial charge in [0.05, 0.1) is 18.8 Å². The second-order valence-corrected chi connectivity index (χ2v) is 6.58. The van der Waals surface area contributed by atoms with Gasteiger partial charge in [-0.3, -0.25) is 4.57 Å². The molecular formula is C13H16BrO5P. The molecular weight excluding hydrogens is 347 g/mol. The molecule has 0 bridgehead atoms. The molecule has 0 radical (unpaired) electrons. The van der Waals surface area contributed by atoms with E-state index in [-0.39, 0.29) is 18.8 Å². The molecule has 20 heavy (non-hydrogen) atoms. The van der Waals surface area contributed by atoms with Gasteiger partial charge < -0.3 is 14.2 Å². The van der Waals surface area contributed by atoms with Gasteiger partial charge in [0, 0.05) is 10.3 Å². The van der Waals surface area contributed by atoms with Crippen molar-refractivity contribution in [1.29, 1.82) is 0 Å². The van der Waals surface area contributed by atoms with Crippen LogP contribution in [0.4, 0.5) is 0 Å². The summed E-state index contributed by atoms with van der Waals surface area (Å²) >= 11 is 3.23. The summed E-state index contributed by atoms with van der Waals surface area (Å²) in [5, 5.41) is 8.98. The van der Waals surface area contributed by atoms with Crippen molar-refractivity contribution in [3.8, 4) is 0 Å². The molecule has 0 aliphatic rings. The summed E-state index contributed by atoms with van der Waals surface area (Å²) in [6.07, 6.45) is 1.53. The summed E-state index contributed by atoms with van der Waals surface area (Å²) in [6, 6.07) is 4.68. The minimum atomic E-state index is -3.28. The number of hydrogen-bond donors (Lipinski definition) is 1. The van der Waals surface area contributed by atoms with Crippen LogP contribution >= 0.6 is 23.5 Å². The first-order valence-electron chi connectivity index (χ1n) is 6.02. The summed E-state index contributed by atoms with van der Waals surface area (Å²) in [5.74, 6) is 0.312. The number of benzene rings is 1. The Hall–Kier alpha value is -0.940. The lowest BCUT2D eigenvalue weighted by molar-refractivity contribution is 0.0696. The zero-order valence-electron chi connectivity index (χ0n) is 11.2. The third-order valence-corrected chi connectivity index (χ3v) is 4.44. The fraction of sp³-hybridized carbons (Fsp3) is 0.308. The van der Waals surface area contributed by atoms with E-state index < -0.39 is 13.6 Å². The lowest BCUT2D eigenvalue weighted by atomic mass is 10.1. The molecule has 1 N–H and O–H groups in total. The summed E-state index contributed by atoms with van der Waals surface area (Å²) < 4.78 is 23.1. The van der Waals surface area contributed by atoms with Crippen molar-refractivity contribution in [3.63, 3.8) is 0 Å². The quantitative estimate of drug-likeness (QED) is 0.728. The molecule has 0 atom stereocenters. The maximum absolute atomic E-state index is 12.2. The topological polar surface area (TPSA) is 72.8 Å². The van der Waals surface area contributed by atoms with Crippen LogP contribution in [-0.2, 0) is 13.6 Å². The Morgan fingerprint density at radius 1 is 1.30 bits per heavy atom. The summed E-state index contributed by atoms with van der Waals surface area (Å²) in [5.41, 5.74) is 0.734. The van der Waals surface area contributed by atoms with Crippen molar-refractivity contribution in [2.24, 2.45) is 0 Å². The van der Waals surface area contributed by atoms with E-state index in [2.05, 4.69) is 15.9 Å². The number of hydrogen-bond acceptors (Lipinski definition) is 4. The third kappa shape index (κ3) is 5.21. The molecule has 110 valence electrons. The standard InChI is InChI=1S/C13H16BrO5P/c1-3-18-20(17,19-4-2)6-5-10-7-11(13(15)16)9-12(14)8-10/h5-9H,3-4H2,1-2H3,(H,15,16). The molecule has 0 fully saturated rings. The number of carboxylic acid groups (broad SMARTS) is 1. The van der Waals surface area contributed by atoms with Crippen LogP contribution in [0.1, 0.15) is 29.8 Å². The van der Waals surface area contributed by atoms with E-state index in [0.29, 0.717) is 10.0 Å². The van der Waals surface area contributed by atoms with E-state index in [1.165, 1.54) is 24.0 Å². The largest absolute Gasteiger partial charge is 0.478 e. The van der Waals surface area contributed by atoms with Crippen LogP contribution in [0.5, 0.6) is 0 Å². The van der Waals surface area contributed by atoms with Crippen molar-refractivity contribution in [2.75, 3.05) is 13.2 Å². The van der Waals surface area contributed by atoms with E-state index >= 15 is 0 Å². The Bertz CT molecular complexity index is 546. The van der Waals surface area contributed by atoms with Gasteiger partial charge in [0.25, 0.3) is 0 Å². The van der Waals surface area contributed by atoms with Gasteiger partial charge in [0.2, 0.25) is 0 Å². The molecule has 0 aromatic heterocycles. The van der Waals surface area contributed by atoms with Crippen LogP contribution in [0.3, 0.4) is 0 Å². The molecule has 0 saturated heterocycles. The summed E-state index contributed by atoms with van der Waals surface area (Å²) in [7, 11) is -3.28. The molecule has 0 amide bonds. The fourth-order valence-electron chi connectivity index (χ4n) is 1.49. The van der Waals surface area contributed by atoms with E-state index in [1.807, 2.05) is 0 Å². The average Bonchev–Trinajstić information content (AvgIpc) is 2.36. The molecule has 0 aliphatic carbocycles. The Kier molecular flexibility index (Phi) is 6.62. The molecule has 0 unspecified atom stereocenters.